The van der Waals surface area contributed by atoms with Gasteiger partial charge in [0.15, 0.2) is 0 Å². The molecule has 3 aromatic rings. The number of carbonyl (C=O) groups excluding carboxylic acids is 1. The number of likely N-dealkylation sites (tertiary alicyclic amines) is 1. The fourth-order valence-electron chi connectivity index (χ4n) is 4.16. The minimum atomic E-state index is 0.114. The van der Waals surface area contributed by atoms with Crippen LogP contribution in [0.5, 0.6) is 0 Å². The summed E-state index contributed by atoms with van der Waals surface area (Å²) in [7, 11) is 0. The van der Waals surface area contributed by atoms with E-state index in [-0.39, 0.29) is 5.91 Å². The molecule has 2 aliphatic heterocycles. The first-order valence-corrected chi connectivity index (χ1v) is 10.1. The van der Waals surface area contributed by atoms with Crippen molar-refractivity contribution >= 4 is 16.8 Å². The molecule has 1 amide bonds. The molecule has 0 aliphatic carbocycles. The molecule has 5 nitrogen and oxygen atoms in total. The number of amides is 1. The Morgan fingerprint density at radius 1 is 1.00 bits per heavy atom. The van der Waals surface area contributed by atoms with Crippen LogP contribution in [-0.4, -0.2) is 54.2 Å². The Kier molecular flexibility index (Phi) is 4.63. The van der Waals surface area contributed by atoms with Crippen LogP contribution in [0.2, 0.25) is 0 Å². The molecule has 144 valence electrons. The van der Waals surface area contributed by atoms with Crippen LogP contribution in [-0.2, 0) is 4.74 Å². The Morgan fingerprint density at radius 3 is 2.57 bits per heavy atom. The molecular formula is C23H25N3O2. The smallest absolute Gasteiger partial charge is 0.254 e. The Morgan fingerprint density at radius 2 is 1.79 bits per heavy atom. The van der Waals surface area contributed by atoms with Crippen LogP contribution in [0, 0.1) is 0 Å². The number of aromatic nitrogens is 1. The first-order chi connectivity index (χ1) is 13.8. The second-order valence-electron chi connectivity index (χ2n) is 7.81. The second-order valence-corrected chi connectivity index (χ2v) is 7.81. The van der Waals surface area contributed by atoms with Crippen molar-refractivity contribution in [1.29, 1.82) is 0 Å². The summed E-state index contributed by atoms with van der Waals surface area (Å²) in [6.07, 6.45) is 2.13. The molecule has 2 aliphatic rings. The van der Waals surface area contributed by atoms with E-state index >= 15 is 0 Å². The van der Waals surface area contributed by atoms with Crippen molar-refractivity contribution in [3.8, 4) is 11.3 Å². The first kappa shape index (κ1) is 17.5. The topological polar surface area (TPSA) is 57.4 Å². The van der Waals surface area contributed by atoms with Crippen molar-refractivity contribution in [2.75, 3.05) is 26.3 Å². The van der Waals surface area contributed by atoms with Crippen LogP contribution in [0.15, 0.2) is 54.6 Å². The van der Waals surface area contributed by atoms with Gasteiger partial charge in [-0.15, -0.1) is 0 Å². The fourth-order valence-corrected chi connectivity index (χ4v) is 4.16. The van der Waals surface area contributed by atoms with Gasteiger partial charge in [0.2, 0.25) is 0 Å². The van der Waals surface area contributed by atoms with E-state index < -0.39 is 0 Å². The van der Waals surface area contributed by atoms with Crippen molar-refractivity contribution in [3.05, 3.63) is 60.2 Å². The summed E-state index contributed by atoms with van der Waals surface area (Å²) in [6, 6.07) is 19.3. The van der Waals surface area contributed by atoms with E-state index in [4.69, 9.17) is 4.74 Å². The standard InChI is InChI=1S/C23H25N3O2/c27-23(26-14-20(15-26)24-19-8-10-28-11-9-19)18-7-6-17-12-21(25-22(17)13-18)16-4-2-1-3-5-16/h1-7,12-13,19-20,24-25H,8-11,14-15H2. The summed E-state index contributed by atoms with van der Waals surface area (Å²) in [4.78, 5) is 18.2. The molecule has 0 atom stereocenters. The Bertz CT molecular complexity index is 970. The van der Waals surface area contributed by atoms with E-state index in [1.807, 2.05) is 41.3 Å². The lowest BCUT2D eigenvalue weighted by atomic mass is 10.0. The van der Waals surface area contributed by atoms with Crippen LogP contribution in [0.1, 0.15) is 23.2 Å². The predicted octanol–water partition coefficient (Wildman–Crippen LogP) is 3.43. The van der Waals surface area contributed by atoms with Crippen molar-refractivity contribution in [2.24, 2.45) is 0 Å². The number of hydrogen-bond donors (Lipinski definition) is 2. The molecule has 2 aromatic carbocycles. The van der Waals surface area contributed by atoms with Gasteiger partial charge in [-0.3, -0.25) is 4.79 Å². The lowest BCUT2D eigenvalue weighted by Crippen LogP contribution is -2.62. The summed E-state index contributed by atoms with van der Waals surface area (Å²) in [5.74, 6) is 0.114. The third-order valence-corrected chi connectivity index (χ3v) is 5.82. The zero-order chi connectivity index (χ0) is 18.9. The lowest BCUT2D eigenvalue weighted by Gasteiger charge is -2.42. The van der Waals surface area contributed by atoms with Gasteiger partial charge in [0, 0.05) is 60.5 Å². The minimum Gasteiger partial charge on any atom is -0.381 e. The third kappa shape index (κ3) is 3.43. The summed E-state index contributed by atoms with van der Waals surface area (Å²) in [5.41, 5.74) is 3.97. The van der Waals surface area contributed by atoms with Crippen molar-refractivity contribution < 1.29 is 9.53 Å². The molecule has 3 heterocycles. The van der Waals surface area contributed by atoms with E-state index in [1.54, 1.807) is 0 Å². The molecule has 5 heteroatoms. The number of aromatic amines is 1. The first-order valence-electron chi connectivity index (χ1n) is 10.1. The zero-order valence-corrected chi connectivity index (χ0v) is 15.9. The number of fused-ring (bicyclic) bond motifs is 1. The molecule has 2 saturated heterocycles. The molecule has 1 aromatic heterocycles. The Balaban J connectivity index is 1.25. The van der Waals surface area contributed by atoms with Crippen LogP contribution in [0.4, 0.5) is 0 Å². The number of H-pyrrole nitrogens is 1. The number of nitrogens with zero attached hydrogens (tertiary/aromatic N) is 1. The highest BCUT2D eigenvalue weighted by Crippen LogP contribution is 2.26. The SMILES string of the molecule is O=C(c1ccc2cc(-c3ccccc3)[nH]c2c1)N1CC(NC2CCOCC2)C1. The van der Waals surface area contributed by atoms with Gasteiger partial charge in [0.25, 0.3) is 5.91 Å². The highest BCUT2D eigenvalue weighted by Gasteiger charge is 2.32. The number of ether oxygens (including phenoxy) is 1. The van der Waals surface area contributed by atoms with Gasteiger partial charge >= 0.3 is 0 Å². The largest absolute Gasteiger partial charge is 0.381 e. The minimum absolute atomic E-state index is 0.114. The van der Waals surface area contributed by atoms with E-state index in [2.05, 4.69) is 28.5 Å². The summed E-state index contributed by atoms with van der Waals surface area (Å²) >= 11 is 0. The number of nitrogens with one attached hydrogen (secondary N) is 2. The van der Waals surface area contributed by atoms with E-state index in [9.17, 15) is 4.79 Å². The molecule has 0 bridgehead atoms. The van der Waals surface area contributed by atoms with Crippen molar-refractivity contribution in [3.63, 3.8) is 0 Å². The maximum absolute atomic E-state index is 12.8. The summed E-state index contributed by atoms with van der Waals surface area (Å²) in [5, 5.41) is 4.79. The zero-order valence-electron chi connectivity index (χ0n) is 15.9. The third-order valence-electron chi connectivity index (χ3n) is 5.82. The monoisotopic (exact) mass is 375 g/mol. The normalized spacial score (nSPS) is 18.4. The average molecular weight is 375 g/mol. The maximum Gasteiger partial charge on any atom is 0.254 e. The van der Waals surface area contributed by atoms with E-state index in [0.717, 1.165) is 66.9 Å². The predicted molar refractivity (Wildman–Crippen MR) is 110 cm³/mol. The second kappa shape index (κ2) is 7.41. The quantitative estimate of drug-likeness (QED) is 0.735. The fraction of sp³-hybridized carbons (Fsp3) is 0.348. The molecule has 0 unspecified atom stereocenters. The maximum atomic E-state index is 12.8. The summed E-state index contributed by atoms with van der Waals surface area (Å²) < 4.78 is 5.41. The molecule has 2 N–H and O–H groups in total. The van der Waals surface area contributed by atoms with Crippen LogP contribution in [0.3, 0.4) is 0 Å². The molecular weight excluding hydrogens is 350 g/mol. The van der Waals surface area contributed by atoms with Gasteiger partial charge in [0.1, 0.15) is 0 Å². The van der Waals surface area contributed by atoms with Gasteiger partial charge in [-0.25, -0.2) is 0 Å². The highest BCUT2D eigenvalue weighted by atomic mass is 16.5. The van der Waals surface area contributed by atoms with Gasteiger partial charge in [-0.05, 0) is 36.6 Å². The van der Waals surface area contributed by atoms with Crippen LogP contribution >= 0.6 is 0 Å². The van der Waals surface area contributed by atoms with Gasteiger partial charge < -0.3 is 19.9 Å². The molecule has 0 radical (unpaired) electrons. The lowest BCUT2D eigenvalue weighted by molar-refractivity contribution is 0.0441. The van der Waals surface area contributed by atoms with Gasteiger partial charge in [-0.2, -0.15) is 0 Å². The van der Waals surface area contributed by atoms with Crippen LogP contribution < -0.4 is 5.32 Å². The number of hydrogen-bond acceptors (Lipinski definition) is 3. The number of benzene rings is 2. The van der Waals surface area contributed by atoms with Crippen molar-refractivity contribution in [2.45, 2.75) is 24.9 Å². The average Bonchev–Trinajstić information content (AvgIpc) is 3.15. The Hall–Kier alpha value is -2.63. The highest BCUT2D eigenvalue weighted by molar-refractivity contribution is 5.99. The molecule has 28 heavy (non-hydrogen) atoms. The number of carbonyl (C=O) groups is 1. The number of rotatable bonds is 4. The summed E-state index contributed by atoms with van der Waals surface area (Å²) in [6.45, 7) is 3.25. The van der Waals surface area contributed by atoms with Gasteiger partial charge in [-0.1, -0.05) is 36.4 Å². The molecule has 0 spiro atoms. The molecule has 2 fully saturated rings. The van der Waals surface area contributed by atoms with Crippen molar-refractivity contribution in [1.82, 2.24) is 15.2 Å². The van der Waals surface area contributed by atoms with E-state index in [0.29, 0.717) is 12.1 Å². The van der Waals surface area contributed by atoms with E-state index in [1.165, 1.54) is 0 Å². The molecule has 0 saturated carbocycles. The van der Waals surface area contributed by atoms with Gasteiger partial charge in [0.05, 0.1) is 0 Å². The molecule has 5 rings (SSSR count). The Labute approximate surface area is 164 Å². The van der Waals surface area contributed by atoms with Crippen LogP contribution in [0.25, 0.3) is 22.2 Å².